The summed E-state index contributed by atoms with van der Waals surface area (Å²) in [6, 6.07) is 13.2. The number of amides is 1. The van der Waals surface area contributed by atoms with E-state index < -0.39 is 6.61 Å². The highest BCUT2D eigenvalue weighted by Crippen LogP contribution is 2.26. The number of thioether (sulfide) groups is 1. The summed E-state index contributed by atoms with van der Waals surface area (Å²) in [6.07, 6.45) is 7.00. The standard InChI is InChI=1S/C25H29ClF2N4O2S/c1-2-3-4-5-6-7-16-32-23(18-8-10-19(26)11-9-18)30-31-25(32)35-17-22(33)29-20-12-14-21(15-13-20)34-24(27)28/h8-15,24H,2-7,16-17H2,1H3,(H,29,33). The topological polar surface area (TPSA) is 69.0 Å². The fourth-order valence-corrected chi connectivity index (χ4v) is 4.40. The normalized spacial score (nSPS) is 11.1. The van der Waals surface area contributed by atoms with Gasteiger partial charge in [-0.3, -0.25) is 4.79 Å². The predicted octanol–water partition coefficient (Wildman–Crippen LogP) is 7.29. The maximum absolute atomic E-state index is 12.5. The van der Waals surface area contributed by atoms with Crippen LogP contribution in [0.25, 0.3) is 11.4 Å². The predicted molar refractivity (Wildman–Crippen MR) is 136 cm³/mol. The molecular weight excluding hydrogens is 494 g/mol. The number of carbonyl (C=O) groups is 1. The first kappa shape index (κ1) is 26.9. The van der Waals surface area contributed by atoms with Crippen LogP contribution in [0.5, 0.6) is 5.75 Å². The van der Waals surface area contributed by atoms with Crippen molar-refractivity contribution in [2.75, 3.05) is 11.1 Å². The van der Waals surface area contributed by atoms with Gasteiger partial charge in [0, 0.05) is 22.8 Å². The molecule has 0 spiro atoms. The first-order chi connectivity index (χ1) is 17.0. The van der Waals surface area contributed by atoms with E-state index in [-0.39, 0.29) is 17.4 Å². The number of hydrogen-bond donors (Lipinski definition) is 1. The molecule has 3 aromatic rings. The molecule has 1 heterocycles. The Hall–Kier alpha value is -2.65. The summed E-state index contributed by atoms with van der Waals surface area (Å²) in [5, 5.41) is 12.8. The number of carbonyl (C=O) groups excluding carboxylic acids is 1. The van der Waals surface area contributed by atoms with Gasteiger partial charge in [0.15, 0.2) is 11.0 Å². The molecule has 0 aliphatic heterocycles. The summed E-state index contributed by atoms with van der Waals surface area (Å²) >= 11 is 7.34. The zero-order valence-corrected chi connectivity index (χ0v) is 21.1. The summed E-state index contributed by atoms with van der Waals surface area (Å²) in [4.78, 5) is 12.5. The first-order valence-corrected chi connectivity index (χ1v) is 13.0. The summed E-state index contributed by atoms with van der Waals surface area (Å²) in [5.74, 6) is 0.669. The Balaban J connectivity index is 1.62. The highest BCUT2D eigenvalue weighted by atomic mass is 35.5. The van der Waals surface area contributed by atoms with Crippen molar-refractivity contribution < 1.29 is 18.3 Å². The monoisotopic (exact) mass is 522 g/mol. The SMILES string of the molecule is CCCCCCCCn1c(SCC(=O)Nc2ccc(OC(F)F)cc2)nnc1-c1ccc(Cl)cc1. The molecule has 10 heteroatoms. The minimum atomic E-state index is -2.89. The van der Waals surface area contributed by atoms with E-state index in [9.17, 15) is 13.6 Å². The van der Waals surface area contributed by atoms with Gasteiger partial charge in [-0.2, -0.15) is 8.78 Å². The molecule has 1 amide bonds. The maximum atomic E-state index is 12.5. The van der Waals surface area contributed by atoms with Crippen LogP contribution < -0.4 is 10.1 Å². The number of ether oxygens (including phenoxy) is 1. The lowest BCUT2D eigenvalue weighted by Crippen LogP contribution is -2.14. The number of nitrogens with zero attached hydrogens (tertiary/aromatic N) is 3. The van der Waals surface area contributed by atoms with Crippen molar-refractivity contribution >= 4 is 35.0 Å². The molecule has 0 atom stereocenters. The van der Waals surface area contributed by atoms with Gasteiger partial charge in [-0.05, 0) is 55.0 Å². The molecule has 0 saturated carbocycles. The van der Waals surface area contributed by atoms with E-state index in [2.05, 4.69) is 31.7 Å². The van der Waals surface area contributed by atoms with Crippen LogP contribution in [0.1, 0.15) is 45.4 Å². The molecule has 0 fully saturated rings. The van der Waals surface area contributed by atoms with Crippen LogP contribution in [0.4, 0.5) is 14.5 Å². The van der Waals surface area contributed by atoms with Gasteiger partial charge in [-0.15, -0.1) is 10.2 Å². The van der Waals surface area contributed by atoms with Crippen LogP contribution in [-0.2, 0) is 11.3 Å². The van der Waals surface area contributed by atoms with Gasteiger partial charge < -0.3 is 14.6 Å². The second-order valence-corrected chi connectivity index (χ2v) is 9.35. The fourth-order valence-electron chi connectivity index (χ4n) is 3.51. The zero-order valence-electron chi connectivity index (χ0n) is 19.6. The quantitative estimate of drug-likeness (QED) is 0.178. The Bertz CT molecular complexity index is 1060. The van der Waals surface area contributed by atoms with Crippen LogP contribution in [0, 0.1) is 0 Å². The Labute approximate surface area is 213 Å². The summed E-state index contributed by atoms with van der Waals surface area (Å²) < 4.78 is 30.9. The third-order valence-corrected chi connectivity index (χ3v) is 6.47. The summed E-state index contributed by atoms with van der Waals surface area (Å²) in [6.45, 7) is 0.0666. The number of alkyl halides is 2. The summed E-state index contributed by atoms with van der Waals surface area (Å²) in [7, 11) is 0. The van der Waals surface area contributed by atoms with Crippen molar-refractivity contribution in [3.05, 3.63) is 53.6 Å². The smallest absolute Gasteiger partial charge is 0.387 e. The number of rotatable bonds is 14. The van der Waals surface area contributed by atoms with E-state index in [4.69, 9.17) is 11.6 Å². The number of unbranched alkanes of at least 4 members (excludes halogenated alkanes) is 5. The number of aromatic nitrogens is 3. The van der Waals surface area contributed by atoms with Crippen molar-refractivity contribution in [1.82, 2.24) is 14.8 Å². The minimum absolute atomic E-state index is 0.0323. The lowest BCUT2D eigenvalue weighted by molar-refractivity contribution is -0.113. The van der Waals surface area contributed by atoms with Gasteiger partial charge in [0.25, 0.3) is 0 Å². The lowest BCUT2D eigenvalue weighted by atomic mass is 10.1. The molecule has 6 nitrogen and oxygen atoms in total. The third-order valence-electron chi connectivity index (χ3n) is 5.25. The van der Waals surface area contributed by atoms with Crippen LogP contribution >= 0.6 is 23.4 Å². The van der Waals surface area contributed by atoms with Gasteiger partial charge in [-0.1, -0.05) is 62.4 Å². The Morgan fingerprint density at radius 1 is 1.03 bits per heavy atom. The molecule has 0 unspecified atom stereocenters. The van der Waals surface area contributed by atoms with E-state index in [0.717, 1.165) is 30.8 Å². The van der Waals surface area contributed by atoms with Crippen LogP contribution in [0.15, 0.2) is 53.7 Å². The molecule has 0 saturated heterocycles. The van der Waals surface area contributed by atoms with E-state index in [1.54, 1.807) is 0 Å². The number of hydrogen-bond acceptors (Lipinski definition) is 5. The fraction of sp³-hybridized carbons (Fsp3) is 0.400. The lowest BCUT2D eigenvalue weighted by Gasteiger charge is -2.11. The average Bonchev–Trinajstić information content (AvgIpc) is 3.24. The molecule has 0 aliphatic carbocycles. The highest BCUT2D eigenvalue weighted by molar-refractivity contribution is 7.99. The van der Waals surface area contributed by atoms with Crippen molar-refractivity contribution in [3.63, 3.8) is 0 Å². The molecule has 0 radical (unpaired) electrons. The van der Waals surface area contributed by atoms with E-state index in [1.165, 1.54) is 61.7 Å². The molecule has 1 aromatic heterocycles. The first-order valence-electron chi connectivity index (χ1n) is 11.6. The molecule has 1 N–H and O–H groups in total. The van der Waals surface area contributed by atoms with Gasteiger partial charge in [0.2, 0.25) is 5.91 Å². The second kappa shape index (κ2) is 14.0. The Morgan fingerprint density at radius 3 is 2.40 bits per heavy atom. The minimum Gasteiger partial charge on any atom is -0.435 e. The largest absolute Gasteiger partial charge is 0.435 e. The average molecular weight is 523 g/mol. The van der Waals surface area contributed by atoms with E-state index in [1.807, 2.05) is 24.3 Å². The van der Waals surface area contributed by atoms with Crippen LogP contribution in [-0.4, -0.2) is 33.0 Å². The Morgan fingerprint density at radius 2 is 1.71 bits per heavy atom. The molecular formula is C25H29ClF2N4O2S. The van der Waals surface area contributed by atoms with Gasteiger partial charge in [0.05, 0.1) is 5.75 Å². The maximum Gasteiger partial charge on any atom is 0.387 e. The van der Waals surface area contributed by atoms with Crippen molar-refractivity contribution in [2.24, 2.45) is 0 Å². The second-order valence-electron chi connectivity index (χ2n) is 7.97. The van der Waals surface area contributed by atoms with Crippen LogP contribution in [0.2, 0.25) is 5.02 Å². The van der Waals surface area contributed by atoms with Crippen LogP contribution in [0.3, 0.4) is 0 Å². The van der Waals surface area contributed by atoms with Gasteiger partial charge in [-0.25, -0.2) is 0 Å². The van der Waals surface area contributed by atoms with E-state index in [0.29, 0.717) is 15.9 Å². The van der Waals surface area contributed by atoms with Crippen molar-refractivity contribution in [3.8, 4) is 17.1 Å². The molecule has 3 rings (SSSR count). The van der Waals surface area contributed by atoms with Crippen molar-refractivity contribution in [1.29, 1.82) is 0 Å². The van der Waals surface area contributed by atoms with Gasteiger partial charge >= 0.3 is 6.61 Å². The molecule has 188 valence electrons. The highest BCUT2D eigenvalue weighted by Gasteiger charge is 2.16. The van der Waals surface area contributed by atoms with Crippen molar-refractivity contribution in [2.45, 2.75) is 63.8 Å². The zero-order chi connectivity index (χ0) is 25.0. The van der Waals surface area contributed by atoms with E-state index >= 15 is 0 Å². The molecule has 0 bridgehead atoms. The summed E-state index contributed by atoms with van der Waals surface area (Å²) in [5.41, 5.74) is 1.41. The molecule has 0 aliphatic rings. The number of nitrogens with one attached hydrogen (secondary N) is 1. The molecule has 2 aromatic carbocycles. The van der Waals surface area contributed by atoms with Gasteiger partial charge in [0.1, 0.15) is 5.75 Å². The Kier molecular flexibility index (Phi) is 10.8. The third kappa shape index (κ3) is 8.81. The molecule has 35 heavy (non-hydrogen) atoms. The number of benzene rings is 2. The number of anilines is 1. The number of halogens is 3.